The first kappa shape index (κ1) is 13.8. The lowest BCUT2D eigenvalue weighted by Gasteiger charge is -2.22. The van der Waals surface area contributed by atoms with Crippen molar-refractivity contribution in [3.05, 3.63) is 23.8 Å². The quantitative estimate of drug-likeness (QED) is 0.844. The van der Waals surface area contributed by atoms with Gasteiger partial charge in [-0.2, -0.15) is 0 Å². The van der Waals surface area contributed by atoms with Crippen molar-refractivity contribution in [2.45, 2.75) is 52.2 Å². The molecule has 1 rings (SSSR count). The molecule has 0 aliphatic heterocycles. The summed E-state index contributed by atoms with van der Waals surface area (Å²) < 4.78 is 5.76. The zero-order valence-corrected chi connectivity index (χ0v) is 11.2. The van der Waals surface area contributed by atoms with E-state index in [0.29, 0.717) is 0 Å². The number of benzene rings is 1. The van der Waals surface area contributed by atoms with Crippen LogP contribution in [0.2, 0.25) is 0 Å². The molecule has 0 amide bonds. The molecule has 0 fully saturated rings. The highest BCUT2D eigenvalue weighted by atomic mass is 16.5. The molecule has 0 aromatic heterocycles. The first-order valence-electron chi connectivity index (χ1n) is 6.11. The Kier molecular flexibility index (Phi) is 4.40. The average Bonchev–Trinajstić information content (AvgIpc) is 2.19. The molecule has 0 unspecified atom stereocenters. The summed E-state index contributed by atoms with van der Waals surface area (Å²) in [6.07, 6.45) is 1.84. The van der Waals surface area contributed by atoms with Gasteiger partial charge in [0.15, 0.2) is 0 Å². The molecule has 3 N–H and O–H groups in total. The average molecular weight is 237 g/mol. The zero-order valence-electron chi connectivity index (χ0n) is 11.2. The van der Waals surface area contributed by atoms with Crippen molar-refractivity contribution in [2.24, 2.45) is 5.73 Å². The predicted molar refractivity (Wildman–Crippen MR) is 70.3 cm³/mol. The maximum Gasteiger partial charge on any atom is 0.120 e. The van der Waals surface area contributed by atoms with Gasteiger partial charge in [0.2, 0.25) is 0 Å². The number of rotatable bonds is 4. The van der Waals surface area contributed by atoms with Crippen LogP contribution in [0.4, 0.5) is 0 Å². The van der Waals surface area contributed by atoms with E-state index in [9.17, 15) is 5.11 Å². The highest BCUT2D eigenvalue weighted by molar-refractivity contribution is 5.41. The van der Waals surface area contributed by atoms with Gasteiger partial charge in [-0.15, -0.1) is 0 Å². The summed E-state index contributed by atoms with van der Waals surface area (Å²) in [4.78, 5) is 0. The van der Waals surface area contributed by atoms with Gasteiger partial charge >= 0.3 is 0 Å². The van der Waals surface area contributed by atoms with Gasteiger partial charge in [-0.25, -0.2) is 0 Å². The fourth-order valence-electron chi connectivity index (χ4n) is 1.71. The van der Waals surface area contributed by atoms with Gasteiger partial charge in [-0.3, -0.25) is 0 Å². The summed E-state index contributed by atoms with van der Waals surface area (Å²) >= 11 is 0. The van der Waals surface area contributed by atoms with Crippen LogP contribution >= 0.6 is 0 Å². The van der Waals surface area contributed by atoms with Crippen molar-refractivity contribution in [3.8, 4) is 11.5 Å². The molecule has 0 saturated heterocycles. The molecule has 0 aliphatic rings. The SMILES string of the molecule is CCC[C@H](N)c1cc(OC(C)(C)C)ccc1O. The second-order valence-electron chi connectivity index (χ2n) is 5.33. The Labute approximate surface area is 104 Å². The standard InChI is InChI=1S/C14H23NO2/c1-5-6-12(15)11-9-10(7-8-13(11)16)17-14(2,3)4/h7-9,12,16H,5-6,15H2,1-4H3/t12-/m0/s1. The van der Waals surface area contributed by atoms with E-state index < -0.39 is 0 Å². The number of phenolic OH excluding ortho intramolecular Hbond substituents is 1. The molecule has 17 heavy (non-hydrogen) atoms. The Bertz CT molecular complexity index is 369. The summed E-state index contributed by atoms with van der Waals surface area (Å²) in [6, 6.07) is 5.11. The molecule has 0 heterocycles. The molecule has 3 nitrogen and oxygen atoms in total. The van der Waals surface area contributed by atoms with Crippen molar-refractivity contribution >= 4 is 0 Å². The zero-order chi connectivity index (χ0) is 13.1. The number of phenols is 1. The lowest BCUT2D eigenvalue weighted by molar-refractivity contribution is 0.130. The van der Waals surface area contributed by atoms with Crippen molar-refractivity contribution in [2.75, 3.05) is 0 Å². The Morgan fingerprint density at radius 3 is 2.53 bits per heavy atom. The van der Waals surface area contributed by atoms with Crippen LogP contribution in [0, 0.1) is 0 Å². The van der Waals surface area contributed by atoms with E-state index in [1.165, 1.54) is 0 Å². The van der Waals surface area contributed by atoms with E-state index in [1.807, 2.05) is 26.8 Å². The van der Waals surface area contributed by atoms with E-state index in [-0.39, 0.29) is 17.4 Å². The fourth-order valence-corrected chi connectivity index (χ4v) is 1.71. The second-order valence-corrected chi connectivity index (χ2v) is 5.33. The minimum atomic E-state index is -0.247. The van der Waals surface area contributed by atoms with Crippen molar-refractivity contribution in [1.82, 2.24) is 0 Å². The molecule has 0 saturated carbocycles. The van der Waals surface area contributed by atoms with E-state index in [1.54, 1.807) is 12.1 Å². The van der Waals surface area contributed by atoms with Crippen molar-refractivity contribution in [3.63, 3.8) is 0 Å². The summed E-state index contributed by atoms with van der Waals surface area (Å²) in [7, 11) is 0. The second kappa shape index (κ2) is 5.41. The lowest BCUT2D eigenvalue weighted by Crippen LogP contribution is -2.23. The van der Waals surface area contributed by atoms with E-state index >= 15 is 0 Å². The Morgan fingerprint density at radius 2 is 2.00 bits per heavy atom. The first-order valence-corrected chi connectivity index (χ1v) is 6.11. The Hall–Kier alpha value is -1.22. The first-order chi connectivity index (χ1) is 7.83. The molecule has 3 heteroatoms. The third-order valence-electron chi connectivity index (χ3n) is 2.42. The van der Waals surface area contributed by atoms with E-state index in [0.717, 1.165) is 24.2 Å². The van der Waals surface area contributed by atoms with E-state index in [2.05, 4.69) is 6.92 Å². The Balaban J connectivity index is 2.94. The third-order valence-corrected chi connectivity index (χ3v) is 2.42. The van der Waals surface area contributed by atoms with Gasteiger partial charge < -0.3 is 15.6 Å². The predicted octanol–water partition coefficient (Wildman–Crippen LogP) is 3.37. The monoisotopic (exact) mass is 237 g/mol. The van der Waals surface area contributed by atoms with Gasteiger partial charge in [0.1, 0.15) is 17.1 Å². The molecule has 0 radical (unpaired) electrons. The van der Waals surface area contributed by atoms with Crippen LogP contribution in [0.3, 0.4) is 0 Å². The van der Waals surface area contributed by atoms with Crippen LogP contribution < -0.4 is 10.5 Å². The summed E-state index contributed by atoms with van der Waals surface area (Å²) in [5.74, 6) is 0.990. The number of hydrogen-bond acceptors (Lipinski definition) is 3. The van der Waals surface area contributed by atoms with Gasteiger partial charge in [-0.1, -0.05) is 13.3 Å². The van der Waals surface area contributed by atoms with Crippen LogP contribution in [0.25, 0.3) is 0 Å². The molecule has 1 aromatic carbocycles. The number of aromatic hydroxyl groups is 1. The smallest absolute Gasteiger partial charge is 0.120 e. The molecule has 0 bridgehead atoms. The molecule has 1 aromatic rings. The van der Waals surface area contributed by atoms with Crippen LogP contribution in [0.5, 0.6) is 11.5 Å². The van der Waals surface area contributed by atoms with Gasteiger partial charge in [0.05, 0.1) is 0 Å². The van der Waals surface area contributed by atoms with Gasteiger partial charge in [-0.05, 0) is 45.4 Å². The highest BCUT2D eigenvalue weighted by Crippen LogP contribution is 2.30. The van der Waals surface area contributed by atoms with Crippen molar-refractivity contribution in [1.29, 1.82) is 0 Å². The third kappa shape index (κ3) is 4.27. The normalized spacial score (nSPS) is 13.5. The van der Waals surface area contributed by atoms with Gasteiger partial charge in [0.25, 0.3) is 0 Å². The minimum absolute atomic E-state index is 0.136. The van der Waals surface area contributed by atoms with Gasteiger partial charge in [0, 0.05) is 11.6 Å². The molecule has 96 valence electrons. The topological polar surface area (TPSA) is 55.5 Å². The maximum absolute atomic E-state index is 9.79. The summed E-state index contributed by atoms with van der Waals surface area (Å²) in [6.45, 7) is 8.05. The number of ether oxygens (including phenoxy) is 1. The Morgan fingerprint density at radius 1 is 1.35 bits per heavy atom. The molecular formula is C14H23NO2. The van der Waals surface area contributed by atoms with Crippen LogP contribution in [-0.2, 0) is 0 Å². The largest absolute Gasteiger partial charge is 0.508 e. The van der Waals surface area contributed by atoms with E-state index in [4.69, 9.17) is 10.5 Å². The minimum Gasteiger partial charge on any atom is -0.508 e. The number of hydrogen-bond donors (Lipinski definition) is 2. The van der Waals surface area contributed by atoms with Crippen LogP contribution in [-0.4, -0.2) is 10.7 Å². The fraction of sp³-hybridized carbons (Fsp3) is 0.571. The van der Waals surface area contributed by atoms with Crippen LogP contribution in [0.15, 0.2) is 18.2 Å². The van der Waals surface area contributed by atoms with Crippen LogP contribution in [0.1, 0.15) is 52.1 Å². The molecule has 0 spiro atoms. The molecule has 0 aliphatic carbocycles. The van der Waals surface area contributed by atoms with Crippen molar-refractivity contribution < 1.29 is 9.84 Å². The molecule has 1 atom stereocenters. The number of nitrogens with two attached hydrogens (primary N) is 1. The summed E-state index contributed by atoms with van der Waals surface area (Å²) in [5.41, 5.74) is 6.53. The summed E-state index contributed by atoms with van der Waals surface area (Å²) in [5, 5.41) is 9.79. The maximum atomic E-state index is 9.79. The lowest BCUT2D eigenvalue weighted by atomic mass is 10.0. The molecular weight excluding hydrogens is 214 g/mol. The highest BCUT2D eigenvalue weighted by Gasteiger charge is 2.15.